The van der Waals surface area contributed by atoms with E-state index >= 15 is 0 Å². The van der Waals surface area contributed by atoms with Crippen LogP contribution in [0.4, 0.5) is 5.69 Å². The molecule has 0 bridgehead atoms. The fraction of sp³-hybridized carbons (Fsp3) is 0.130. The number of benzene rings is 2. The molecule has 0 fully saturated rings. The van der Waals surface area contributed by atoms with Crippen LogP contribution in [-0.2, 0) is 6.54 Å². The van der Waals surface area contributed by atoms with Gasteiger partial charge < -0.3 is 10.1 Å². The van der Waals surface area contributed by atoms with Gasteiger partial charge in [-0.3, -0.25) is 19.0 Å². The van der Waals surface area contributed by atoms with Crippen molar-refractivity contribution in [3.05, 3.63) is 86.2 Å². The van der Waals surface area contributed by atoms with Crippen LogP contribution in [0.2, 0.25) is 5.02 Å². The van der Waals surface area contributed by atoms with Gasteiger partial charge in [-0.05, 0) is 48.9 Å². The number of halogens is 1. The number of fused-ring (bicyclic) bond motifs is 1. The maximum Gasteiger partial charge on any atom is 0.266 e. The summed E-state index contributed by atoms with van der Waals surface area (Å²) >= 11 is 6.99. The highest BCUT2D eigenvalue weighted by atomic mass is 35.5. The fourth-order valence-electron chi connectivity index (χ4n) is 3.30. The van der Waals surface area contributed by atoms with Crippen molar-refractivity contribution in [2.75, 3.05) is 12.4 Å². The second-order valence-electron chi connectivity index (χ2n) is 7.00. The van der Waals surface area contributed by atoms with E-state index in [9.17, 15) is 14.4 Å². The van der Waals surface area contributed by atoms with E-state index in [1.165, 1.54) is 18.0 Å². The quantitative estimate of drug-likeness (QED) is 0.420. The van der Waals surface area contributed by atoms with Gasteiger partial charge in [-0.25, -0.2) is 4.98 Å². The van der Waals surface area contributed by atoms with E-state index in [2.05, 4.69) is 10.3 Å². The number of ketones is 1. The third kappa shape index (κ3) is 4.15. The Bertz CT molecular complexity index is 1390. The number of nitrogens with zero attached hydrogens (tertiary/aromatic N) is 2. The molecule has 0 spiro atoms. The fourth-order valence-corrected chi connectivity index (χ4v) is 4.46. The third-order valence-corrected chi connectivity index (χ3v) is 6.41. The van der Waals surface area contributed by atoms with Gasteiger partial charge in [-0.1, -0.05) is 23.7 Å². The molecule has 9 heteroatoms. The second-order valence-corrected chi connectivity index (χ2v) is 8.43. The van der Waals surface area contributed by atoms with Gasteiger partial charge in [0.25, 0.3) is 11.5 Å². The first-order valence-corrected chi connectivity index (χ1v) is 10.8. The Hall–Kier alpha value is -3.49. The zero-order valence-electron chi connectivity index (χ0n) is 17.2. The highest BCUT2D eigenvalue weighted by Crippen LogP contribution is 2.29. The molecule has 2 heterocycles. The Morgan fingerprint density at radius 3 is 2.59 bits per heavy atom. The number of nitrogens with one attached hydrogen (secondary N) is 1. The molecular formula is C23H18ClN3O4S. The SMILES string of the molecule is COc1ccccc1NC(=O)c1sc2ncn(CC(=O)c3ccc(Cl)cc3)c(=O)c2c1C. The topological polar surface area (TPSA) is 90.3 Å². The van der Waals surface area contributed by atoms with Crippen LogP contribution < -0.4 is 15.6 Å². The van der Waals surface area contributed by atoms with Crippen LogP contribution in [0, 0.1) is 6.92 Å². The summed E-state index contributed by atoms with van der Waals surface area (Å²) < 4.78 is 6.52. The summed E-state index contributed by atoms with van der Waals surface area (Å²) in [6.45, 7) is 1.53. The molecular weight excluding hydrogens is 450 g/mol. The second kappa shape index (κ2) is 8.94. The van der Waals surface area contributed by atoms with Crippen molar-refractivity contribution >= 4 is 50.5 Å². The number of rotatable bonds is 6. The van der Waals surface area contributed by atoms with E-state index in [0.29, 0.717) is 42.7 Å². The first-order chi connectivity index (χ1) is 15.4. The van der Waals surface area contributed by atoms with E-state index in [1.54, 1.807) is 55.5 Å². The van der Waals surface area contributed by atoms with Crippen molar-refractivity contribution in [1.82, 2.24) is 9.55 Å². The van der Waals surface area contributed by atoms with E-state index < -0.39 is 0 Å². The number of anilines is 1. The molecule has 0 saturated carbocycles. The number of Topliss-reactive ketones (excluding diaryl/α,β-unsaturated/α-hetero) is 1. The number of methoxy groups -OCH3 is 1. The summed E-state index contributed by atoms with van der Waals surface area (Å²) in [5.74, 6) is -0.0778. The minimum Gasteiger partial charge on any atom is -0.495 e. The van der Waals surface area contributed by atoms with Crippen LogP contribution in [0.1, 0.15) is 25.6 Å². The summed E-state index contributed by atoms with van der Waals surface area (Å²) in [5, 5.41) is 3.67. The number of thiophene rings is 1. The molecule has 7 nitrogen and oxygen atoms in total. The number of hydrogen-bond donors (Lipinski definition) is 1. The van der Waals surface area contributed by atoms with E-state index in [4.69, 9.17) is 16.3 Å². The maximum absolute atomic E-state index is 13.1. The standard InChI is InChI=1S/C23H18ClN3O4S/c1-13-19-22(32-20(13)21(29)26-16-5-3-4-6-18(16)31-2)25-12-27(23(19)30)11-17(28)14-7-9-15(24)10-8-14/h3-10,12H,11H2,1-2H3,(H,26,29). The van der Waals surface area contributed by atoms with Crippen LogP contribution in [0.25, 0.3) is 10.2 Å². The lowest BCUT2D eigenvalue weighted by atomic mass is 10.1. The van der Waals surface area contributed by atoms with Gasteiger partial charge >= 0.3 is 0 Å². The Labute approximate surface area is 192 Å². The monoisotopic (exact) mass is 467 g/mol. The minimum absolute atomic E-state index is 0.165. The molecule has 0 aliphatic carbocycles. The molecule has 0 radical (unpaired) electrons. The van der Waals surface area contributed by atoms with Gasteiger partial charge in [0, 0.05) is 10.6 Å². The largest absolute Gasteiger partial charge is 0.495 e. The number of hydrogen-bond acceptors (Lipinski definition) is 6. The summed E-state index contributed by atoms with van der Waals surface area (Å²) in [5.41, 5.74) is 1.11. The van der Waals surface area contributed by atoms with Crippen LogP contribution in [-0.4, -0.2) is 28.4 Å². The van der Waals surface area contributed by atoms with E-state index in [1.807, 2.05) is 0 Å². The van der Waals surface area contributed by atoms with Gasteiger partial charge in [0.1, 0.15) is 10.6 Å². The van der Waals surface area contributed by atoms with E-state index in [-0.39, 0.29) is 23.8 Å². The average Bonchev–Trinajstić information content (AvgIpc) is 3.13. The molecule has 1 amide bonds. The maximum atomic E-state index is 13.1. The third-order valence-electron chi connectivity index (χ3n) is 4.96. The first kappa shape index (κ1) is 21.7. The van der Waals surface area contributed by atoms with Crippen molar-refractivity contribution in [3.63, 3.8) is 0 Å². The van der Waals surface area contributed by atoms with Crippen LogP contribution in [0.5, 0.6) is 5.75 Å². The number of amides is 1. The highest BCUT2D eigenvalue weighted by molar-refractivity contribution is 7.20. The van der Waals surface area contributed by atoms with Crippen LogP contribution >= 0.6 is 22.9 Å². The molecule has 2 aromatic heterocycles. The molecule has 4 aromatic rings. The summed E-state index contributed by atoms with van der Waals surface area (Å²) in [7, 11) is 1.52. The molecule has 0 atom stereocenters. The average molecular weight is 468 g/mol. The smallest absolute Gasteiger partial charge is 0.266 e. The number of aromatic nitrogens is 2. The molecule has 162 valence electrons. The zero-order valence-corrected chi connectivity index (χ0v) is 18.8. The van der Waals surface area contributed by atoms with Crippen molar-refractivity contribution in [1.29, 1.82) is 0 Å². The molecule has 1 N–H and O–H groups in total. The van der Waals surface area contributed by atoms with Crippen molar-refractivity contribution < 1.29 is 14.3 Å². The lowest BCUT2D eigenvalue weighted by molar-refractivity contribution is 0.0969. The Balaban J connectivity index is 1.65. The van der Waals surface area contributed by atoms with Crippen LogP contribution in [0.15, 0.2) is 59.7 Å². The molecule has 0 aliphatic rings. The van der Waals surface area contributed by atoms with Crippen molar-refractivity contribution in [2.24, 2.45) is 0 Å². The molecule has 4 rings (SSSR count). The molecule has 2 aromatic carbocycles. The van der Waals surface area contributed by atoms with Crippen LogP contribution in [0.3, 0.4) is 0 Å². The highest BCUT2D eigenvalue weighted by Gasteiger charge is 2.21. The van der Waals surface area contributed by atoms with Gasteiger partial charge in [0.15, 0.2) is 5.78 Å². The van der Waals surface area contributed by atoms with Crippen molar-refractivity contribution in [2.45, 2.75) is 13.5 Å². The molecule has 0 saturated heterocycles. The molecule has 32 heavy (non-hydrogen) atoms. The lowest BCUT2D eigenvalue weighted by Gasteiger charge is -2.09. The summed E-state index contributed by atoms with van der Waals surface area (Å²) in [4.78, 5) is 43.7. The minimum atomic E-state index is -0.373. The molecule has 0 unspecified atom stereocenters. The van der Waals surface area contributed by atoms with Gasteiger partial charge in [-0.15, -0.1) is 11.3 Å². The van der Waals surface area contributed by atoms with Gasteiger partial charge in [0.2, 0.25) is 0 Å². The number of ether oxygens (including phenoxy) is 1. The summed E-state index contributed by atoms with van der Waals surface area (Å²) in [6.07, 6.45) is 1.33. The predicted octanol–water partition coefficient (Wildman–Crippen LogP) is 4.56. The lowest BCUT2D eigenvalue weighted by Crippen LogP contribution is -2.24. The number of aryl methyl sites for hydroxylation is 1. The van der Waals surface area contributed by atoms with Gasteiger partial charge in [-0.2, -0.15) is 0 Å². The van der Waals surface area contributed by atoms with Gasteiger partial charge in [0.05, 0.1) is 35.9 Å². The number of carbonyl (C=O) groups excluding carboxylic acids is 2. The molecule has 0 aliphatic heterocycles. The Morgan fingerprint density at radius 2 is 1.88 bits per heavy atom. The predicted molar refractivity (Wildman–Crippen MR) is 125 cm³/mol. The summed E-state index contributed by atoms with van der Waals surface area (Å²) in [6, 6.07) is 13.5. The number of carbonyl (C=O) groups is 2. The number of para-hydroxylation sites is 2. The first-order valence-electron chi connectivity index (χ1n) is 9.60. The van der Waals surface area contributed by atoms with E-state index in [0.717, 1.165) is 11.3 Å². The Morgan fingerprint density at radius 1 is 1.16 bits per heavy atom. The van der Waals surface area contributed by atoms with Crippen molar-refractivity contribution in [3.8, 4) is 5.75 Å². The normalized spacial score (nSPS) is 10.8. The zero-order chi connectivity index (χ0) is 22.8. The Kier molecular flexibility index (Phi) is 6.07.